The van der Waals surface area contributed by atoms with Crippen LogP contribution in [0.4, 0.5) is 0 Å². The van der Waals surface area contributed by atoms with Crippen LogP contribution in [0.2, 0.25) is 5.02 Å². The van der Waals surface area contributed by atoms with E-state index in [0.717, 1.165) is 29.4 Å². The van der Waals surface area contributed by atoms with Crippen molar-refractivity contribution in [3.05, 3.63) is 28.8 Å². The summed E-state index contributed by atoms with van der Waals surface area (Å²) in [7, 11) is 0. The monoisotopic (exact) mass is 295 g/mol. The van der Waals surface area contributed by atoms with E-state index in [-0.39, 0.29) is 0 Å². The zero-order chi connectivity index (χ0) is 14.2. The third-order valence-corrected chi connectivity index (χ3v) is 4.28. The lowest BCUT2D eigenvalue weighted by Gasteiger charge is -2.14. The van der Waals surface area contributed by atoms with Gasteiger partial charge in [0.1, 0.15) is 5.75 Å². The van der Waals surface area contributed by atoms with Gasteiger partial charge in [-0.1, -0.05) is 36.6 Å². The molecule has 1 aliphatic heterocycles. The molecule has 0 amide bonds. The predicted molar refractivity (Wildman–Crippen MR) is 85.8 cm³/mol. The predicted octanol–water partition coefficient (Wildman–Crippen LogP) is 4.68. The molecule has 1 saturated heterocycles. The Balaban J connectivity index is 1.53. The summed E-state index contributed by atoms with van der Waals surface area (Å²) in [4.78, 5) is 2.59. The lowest BCUT2D eigenvalue weighted by atomic mass is 10.2. The van der Waals surface area contributed by atoms with Gasteiger partial charge < -0.3 is 9.64 Å². The zero-order valence-corrected chi connectivity index (χ0v) is 13.3. The molecule has 0 aromatic heterocycles. The first-order chi connectivity index (χ1) is 9.77. The highest BCUT2D eigenvalue weighted by molar-refractivity contribution is 6.32. The van der Waals surface area contributed by atoms with Crippen LogP contribution in [-0.4, -0.2) is 31.1 Å². The Bertz CT molecular complexity index is 382. The Morgan fingerprint density at radius 2 is 1.85 bits per heavy atom. The Labute approximate surface area is 128 Å². The highest BCUT2D eigenvalue weighted by Crippen LogP contribution is 2.28. The second kappa shape index (κ2) is 8.53. The molecule has 1 aromatic rings. The van der Waals surface area contributed by atoms with E-state index in [1.165, 1.54) is 51.7 Å². The van der Waals surface area contributed by atoms with E-state index in [0.29, 0.717) is 0 Å². The van der Waals surface area contributed by atoms with E-state index in [1.54, 1.807) is 0 Å². The highest BCUT2D eigenvalue weighted by atomic mass is 35.5. The van der Waals surface area contributed by atoms with E-state index < -0.39 is 0 Å². The van der Waals surface area contributed by atoms with Crippen LogP contribution >= 0.6 is 11.6 Å². The summed E-state index contributed by atoms with van der Waals surface area (Å²) in [6.45, 7) is 6.72. The average molecular weight is 296 g/mol. The molecule has 1 aliphatic rings. The first-order valence-corrected chi connectivity index (χ1v) is 8.25. The molecule has 20 heavy (non-hydrogen) atoms. The van der Waals surface area contributed by atoms with Crippen molar-refractivity contribution in [1.29, 1.82) is 0 Å². The molecule has 1 heterocycles. The van der Waals surface area contributed by atoms with Gasteiger partial charge in [-0.05, 0) is 63.9 Å². The van der Waals surface area contributed by atoms with Crippen LogP contribution in [-0.2, 0) is 0 Å². The van der Waals surface area contributed by atoms with Crippen LogP contribution < -0.4 is 4.74 Å². The second-order valence-electron chi connectivity index (χ2n) is 5.70. The minimum atomic E-state index is 0.721. The summed E-state index contributed by atoms with van der Waals surface area (Å²) in [6.07, 6.45) is 7.78. The molecule has 0 saturated carbocycles. The SMILES string of the molecule is Cc1cccc(Cl)c1OCCCCCCN1CCCC1. The summed E-state index contributed by atoms with van der Waals surface area (Å²) < 4.78 is 5.81. The maximum Gasteiger partial charge on any atom is 0.140 e. The molecular weight excluding hydrogens is 270 g/mol. The second-order valence-corrected chi connectivity index (χ2v) is 6.10. The lowest BCUT2D eigenvalue weighted by Crippen LogP contribution is -2.20. The quantitative estimate of drug-likeness (QED) is 0.646. The van der Waals surface area contributed by atoms with E-state index in [4.69, 9.17) is 16.3 Å². The number of benzene rings is 1. The van der Waals surface area contributed by atoms with Crippen LogP contribution in [0.15, 0.2) is 18.2 Å². The smallest absolute Gasteiger partial charge is 0.140 e. The number of halogens is 1. The number of hydrogen-bond donors (Lipinski definition) is 0. The molecule has 1 aromatic carbocycles. The summed E-state index contributed by atoms with van der Waals surface area (Å²) in [5, 5.41) is 0.721. The van der Waals surface area contributed by atoms with Crippen LogP contribution in [0.1, 0.15) is 44.1 Å². The van der Waals surface area contributed by atoms with Gasteiger partial charge in [0.15, 0.2) is 0 Å². The van der Waals surface area contributed by atoms with Crippen molar-refractivity contribution in [3.8, 4) is 5.75 Å². The van der Waals surface area contributed by atoms with E-state index >= 15 is 0 Å². The van der Waals surface area contributed by atoms with Crippen LogP contribution in [0.5, 0.6) is 5.75 Å². The van der Waals surface area contributed by atoms with Gasteiger partial charge in [0, 0.05) is 0 Å². The van der Waals surface area contributed by atoms with Gasteiger partial charge in [-0.15, -0.1) is 0 Å². The highest BCUT2D eigenvalue weighted by Gasteiger charge is 2.10. The van der Waals surface area contributed by atoms with Gasteiger partial charge in [-0.2, -0.15) is 0 Å². The molecule has 0 aliphatic carbocycles. The molecule has 3 heteroatoms. The van der Waals surface area contributed by atoms with Crippen molar-refractivity contribution < 1.29 is 4.74 Å². The molecule has 2 rings (SSSR count). The standard InChI is InChI=1S/C17H26ClNO/c1-15-9-8-10-16(18)17(15)20-14-7-3-2-4-11-19-12-5-6-13-19/h8-10H,2-7,11-14H2,1H3. The van der Waals surface area contributed by atoms with Crippen molar-refractivity contribution in [2.45, 2.75) is 45.4 Å². The third kappa shape index (κ3) is 4.99. The van der Waals surface area contributed by atoms with Gasteiger partial charge in [0.25, 0.3) is 0 Å². The summed E-state index contributed by atoms with van der Waals surface area (Å²) in [5.74, 6) is 0.853. The molecule has 2 nitrogen and oxygen atoms in total. The summed E-state index contributed by atoms with van der Waals surface area (Å²) in [5.41, 5.74) is 1.12. The number of ether oxygens (including phenoxy) is 1. The van der Waals surface area contributed by atoms with Crippen molar-refractivity contribution in [2.75, 3.05) is 26.2 Å². The Morgan fingerprint density at radius 1 is 1.10 bits per heavy atom. The van der Waals surface area contributed by atoms with E-state index in [9.17, 15) is 0 Å². The van der Waals surface area contributed by atoms with Crippen LogP contribution in [0.25, 0.3) is 0 Å². The molecule has 0 spiro atoms. The van der Waals surface area contributed by atoms with Gasteiger partial charge in [-0.25, -0.2) is 0 Å². The van der Waals surface area contributed by atoms with Gasteiger partial charge in [-0.3, -0.25) is 0 Å². The molecule has 0 radical (unpaired) electrons. The van der Waals surface area contributed by atoms with Gasteiger partial charge in [0.2, 0.25) is 0 Å². The minimum absolute atomic E-state index is 0.721. The first kappa shape index (κ1) is 15.7. The van der Waals surface area contributed by atoms with Gasteiger partial charge >= 0.3 is 0 Å². The topological polar surface area (TPSA) is 12.5 Å². The average Bonchev–Trinajstić information content (AvgIpc) is 2.93. The van der Waals surface area contributed by atoms with Crippen LogP contribution in [0, 0.1) is 6.92 Å². The summed E-state index contributed by atoms with van der Waals surface area (Å²) in [6, 6.07) is 5.89. The molecule has 112 valence electrons. The number of likely N-dealkylation sites (tertiary alicyclic amines) is 1. The number of aryl methyl sites for hydroxylation is 1. The maximum atomic E-state index is 6.13. The molecule has 0 atom stereocenters. The Hall–Kier alpha value is -0.730. The largest absolute Gasteiger partial charge is 0.492 e. The number of hydrogen-bond acceptors (Lipinski definition) is 2. The van der Waals surface area contributed by atoms with Crippen molar-refractivity contribution >= 4 is 11.6 Å². The molecular formula is C17H26ClNO. The van der Waals surface area contributed by atoms with Crippen molar-refractivity contribution in [1.82, 2.24) is 4.90 Å². The van der Waals surface area contributed by atoms with Gasteiger partial charge in [0.05, 0.1) is 11.6 Å². The molecule has 0 N–H and O–H groups in total. The number of nitrogens with zero attached hydrogens (tertiary/aromatic N) is 1. The van der Waals surface area contributed by atoms with Crippen molar-refractivity contribution in [3.63, 3.8) is 0 Å². The number of unbranched alkanes of at least 4 members (excludes halogenated alkanes) is 3. The Kier molecular flexibility index (Phi) is 6.68. The molecule has 1 fully saturated rings. The van der Waals surface area contributed by atoms with Crippen molar-refractivity contribution in [2.24, 2.45) is 0 Å². The lowest BCUT2D eigenvalue weighted by molar-refractivity contribution is 0.295. The number of para-hydroxylation sites is 1. The zero-order valence-electron chi connectivity index (χ0n) is 12.5. The van der Waals surface area contributed by atoms with E-state index in [2.05, 4.69) is 4.90 Å². The van der Waals surface area contributed by atoms with Crippen LogP contribution in [0.3, 0.4) is 0 Å². The maximum absolute atomic E-state index is 6.13. The minimum Gasteiger partial charge on any atom is -0.492 e. The molecule has 0 bridgehead atoms. The fourth-order valence-corrected chi connectivity index (χ4v) is 3.05. The fraction of sp³-hybridized carbons (Fsp3) is 0.647. The molecule has 0 unspecified atom stereocenters. The first-order valence-electron chi connectivity index (χ1n) is 7.87. The van der Waals surface area contributed by atoms with E-state index in [1.807, 2.05) is 25.1 Å². The normalized spacial score (nSPS) is 15.7. The summed E-state index contributed by atoms with van der Waals surface area (Å²) >= 11 is 6.13. The Morgan fingerprint density at radius 3 is 2.60 bits per heavy atom. The fourth-order valence-electron chi connectivity index (χ4n) is 2.77. The number of rotatable bonds is 8. The third-order valence-electron chi connectivity index (χ3n) is 3.98.